The smallest absolute Gasteiger partial charge is 0.167 e. The molecule has 0 radical (unpaired) electrons. The average Bonchev–Trinajstić information content (AvgIpc) is 3.07. The number of Topliss-reactive ketones (excluding diaryl/α,β-unsaturated/α-hetero) is 2. The van der Waals surface area contributed by atoms with Crippen LogP contribution in [0.25, 0.3) is 0 Å². The van der Waals surface area contributed by atoms with Gasteiger partial charge in [0.1, 0.15) is 11.9 Å². The molecule has 0 amide bonds. The average molecular weight is 348 g/mol. The maximum absolute atomic E-state index is 12.8. The number of rotatable bonds is 3. The minimum atomic E-state index is -1.27. The lowest BCUT2D eigenvalue weighted by molar-refractivity contribution is -0.229. The van der Waals surface area contributed by atoms with Gasteiger partial charge in [-0.2, -0.15) is 0 Å². The Bertz CT molecular complexity index is 676. The highest BCUT2D eigenvalue weighted by Crippen LogP contribution is 2.61. The second-order valence-corrected chi connectivity index (χ2v) is 8.66. The highest BCUT2D eigenvalue weighted by Gasteiger charge is 2.68. The Morgan fingerprint density at radius 3 is 2.56 bits per heavy atom. The van der Waals surface area contributed by atoms with Crippen molar-refractivity contribution in [2.75, 3.05) is 0 Å². The predicted molar refractivity (Wildman–Crippen MR) is 91.8 cm³/mol. The SMILES string of the molecule is C[C@H]1C(=O)[C@@H](O)[C@H]2C(C)(C)C(=O)CC[C@]2(C)[C@@]1(O)CCc1ccoc1. The molecule has 2 saturated carbocycles. The molecule has 1 aromatic rings. The summed E-state index contributed by atoms with van der Waals surface area (Å²) in [6, 6.07) is 1.85. The van der Waals surface area contributed by atoms with E-state index in [0.29, 0.717) is 25.7 Å². The van der Waals surface area contributed by atoms with Gasteiger partial charge in [-0.15, -0.1) is 0 Å². The molecule has 0 unspecified atom stereocenters. The van der Waals surface area contributed by atoms with Gasteiger partial charge in [0.05, 0.1) is 18.1 Å². The number of ketones is 2. The Balaban J connectivity index is 2.03. The van der Waals surface area contributed by atoms with E-state index in [2.05, 4.69) is 0 Å². The van der Waals surface area contributed by atoms with Gasteiger partial charge < -0.3 is 14.6 Å². The van der Waals surface area contributed by atoms with Crippen molar-refractivity contribution < 1.29 is 24.2 Å². The zero-order chi connectivity index (χ0) is 18.6. The first-order valence-corrected chi connectivity index (χ1v) is 9.04. The number of hydrogen-bond donors (Lipinski definition) is 2. The first kappa shape index (κ1) is 18.3. The largest absolute Gasteiger partial charge is 0.472 e. The molecule has 0 aromatic carbocycles. The molecular formula is C20H28O5. The summed E-state index contributed by atoms with van der Waals surface area (Å²) in [5, 5.41) is 22.4. The number of aliphatic hydroxyl groups is 2. The van der Waals surface area contributed by atoms with E-state index in [9.17, 15) is 19.8 Å². The van der Waals surface area contributed by atoms with Crippen molar-refractivity contribution in [1.82, 2.24) is 0 Å². The van der Waals surface area contributed by atoms with E-state index in [1.54, 1.807) is 33.3 Å². The maximum atomic E-state index is 12.8. The molecule has 2 N–H and O–H groups in total. The monoisotopic (exact) mass is 348 g/mol. The third-order valence-corrected chi connectivity index (χ3v) is 7.17. The Morgan fingerprint density at radius 1 is 1.28 bits per heavy atom. The Kier molecular flexibility index (Phi) is 4.24. The summed E-state index contributed by atoms with van der Waals surface area (Å²) in [5.74, 6) is -1.58. The lowest BCUT2D eigenvalue weighted by atomic mass is 9.43. The van der Waals surface area contributed by atoms with Gasteiger partial charge in [-0.1, -0.05) is 27.7 Å². The van der Waals surface area contributed by atoms with Crippen molar-refractivity contribution in [3.8, 4) is 0 Å². The van der Waals surface area contributed by atoms with Crippen LogP contribution in [-0.4, -0.2) is 33.5 Å². The molecule has 25 heavy (non-hydrogen) atoms. The van der Waals surface area contributed by atoms with Gasteiger partial charge >= 0.3 is 0 Å². The van der Waals surface area contributed by atoms with Crippen LogP contribution in [0.15, 0.2) is 23.0 Å². The molecule has 5 heteroatoms. The number of hydrogen-bond acceptors (Lipinski definition) is 5. The van der Waals surface area contributed by atoms with E-state index >= 15 is 0 Å². The Morgan fingerprint density at radius 2 is 1.96 bits per heavy atom. The van der Waals surface area contributed by atoms with Gasteiger partial charge in [0.25, 0.3) is 0 Å². The third-order valence-electron chi connectivity index (χ3n) is 7.17. The maximum Gasteiger partial charge on any atom is 0.167 e. The van der Waals surface area contributed by atoms with Crippen LogP contribution >= 0.6 is 0 Å². The molecule has 0 saturated heterocycles. The van der Waals surface area contributed by atoms with Gasteiger partial charge in [-0.25, -0.2) is 0 Å². The molecule has 0 bridgehead atoms. The molecule has 1 aromatic heterocycles. The molecule has 2 aliphatic rings. The molecule has 2 fully saturated rings. The summed E-state index contributed by atoms with van der Waals surface area (Å²) in [6.07, 6.45) is 3.83. The Hall–Kier alpha value is -1.46. The fourth-order valence-corrected chi connectivity index (χ4v) is 5.47. The highest BCUT2D eigenvalue weighted by molar-refractivity contribution is 5.92. The van der Waals surface area contributed by atoms with Crippen molar-refractivity contribution in [2.45, 2.75) is 65.1 Å². The first-order chi connectivity index (χ1) is 11.6. The van der Waals surface area contributed by atoms with Gasteiger partial charge in [0.15, 0.2) is 5.78 Å². The second kappa shape index (κ2) is 5.78. The number of carbonyl (C=O) groups excluding carboxylic acids is 2. The minimum Gasteiger partial charge on any atom is -0.472 e. The third kappa shape index (κ3) is 2.43. The van der Waals surface area contributed by atoms with E-state index in [1.807, 2.05) is 13.0 Å². The summed E-state index contributed by atoms with van der Waals surface area (Å²) < 4.78 is 5.10. The van der Waals surface area contributed by atoms with Crippen LogP contribution in [-0.2, 0) is 16.0 Å². The lowest BCUT2D eigenvalue weighted by Crippen LogP contribution is -2.71. The second-order valence-electron chi connectivity index (χ2n) is 8.66. The van der Waals surface area contributed by atoms with E-state index in [-0.39, 0.29) is 11.6 Å². The zero-order valence-electron chi connectivity index (χ0n) is 15.4. The quantitative estimate of drug-likeness (QED) is 0.876. The summed E-state index contributed by atoms with van der Waals surface area (Å²) in [6.45, 7) is 7.22. The highest BCUT2D eigenvalue weighted by atomic mass is 16.3. The van der Waals surface area contributed by atoms with Crippen molar-refractivity contribution >= 4 is 11.6 Å². The first-order valence-electron chi connectivity index (χ1n) is 9.04. The van der Waals surface area contributed by atoms with Gasteiger partial charge in [-0.05, 0) is 30.9 Å². The molecule has 138 valence electrons. The van der Waals surface area contributed by atoms with Gasteiger partial charge in [-0.3, -0.25) is 9.59 Å². The van der Waals surface area contributed by atoms with E-state index < -0.39 is 34.4 Å². The molecular weight excluding hydrogens is 320 g/mol. The molecule has 5 nitrogen and oxygen atoms in total. The van der Waals surface area contributed by atoms with Crippen LogP contribution in [0.5, 0.6) is 0 Å². The van der Waals surface area contributed by atoms with Crippen LogP contribution < -0.4 is 0 Å². The predicted octanol–water partition coefficient (Wildman–Crippen LogP) is 2.53. The topological polar surface area (TPSA) is 87.7 Å². The molecule has 2 aliphatic carbocycles. The molecule has 1 heterocycles. The standard InChI is InChI=1S/C20H28O5/c1-12-15(22)16(23)17-18(2,3)14(21)6-8-19(17,4)20(12,24)9-5-13-7-10-25-11-13/h7,10-12,16-17,23-24H,5-6,8-9H2,1-4H3/t12-,16+,17-,19-,20+/m0/s1. The molecule has 5 atom stereocenters. The fourth-order valence-electron chi connectivity index (χ4n) is 5.47. The van der Waals surface area contributed by atoms with E-state index in [4.69, 9.17) is 4.42 Å². The Labute approximate surface area is 148 Å². The van der Waals surface area contributed by atoms with Crippen molar-refractivity contribution in [1.29, 1.82) is 0 Å². The van der Waals surface area contributed by atoms with Crippen LogP contribution in [0.3, 0.4) is 0 Å². The minimum absolute atomic E-state index is 0.0496. The number of fused-ring (bicyclic) bond motifs is 1. The van der Waals surface area contributed by atoms with Crippen molar-refractivity contribution in [3.05, 3.63) is 24.2 Å². The number of aryl methyl sites for hydroxylation is 1. The molecule has 0 spiro atoms. The molecule has 0 aliphatic heterocycles. The zero-order valence-corrected chi connectivity index (χ0v) is 15.4. The summed E-state index contributed by atoms with van der Waals surface area (Å²) in [4.78, 5) is 25.2. The van der Waals surface area contributed by atoms with Crippen LogP contribution in [0.1, 0.15) is 52.5 Å². The molecule has 3 rings (SSSR count). The van der Waals surface area contributed by atoms with Crippen LogP contribution in [0.4, 0.5) is 0 Å². The van der Waals surface area contributed by atoms with E-state index in [1.165, 1.54) is 0 Å². The summed E-state index contributed by atoms with van der Waals surface area (Å²) in [7, 11) is 0. The van der Waals surface area contributed by atoms with Gasteiger partial charge in [0, 0.05) is 29.1 Å². The summed E-state index contributed by atoms with van der Waals surface area (Å²) >= 11 is 0. The lowest BCUT2D eigenvalue weighted by Gasteiger charge is -2.62. The van der Waals surface area contributed by atoms with Crippen LogP contribution in [0.2, 0.25) is 0 Å². The summed E-state index contributed by atoms with van der Waals surface area (Å²) in [5.41, 5.74) is -1.86. The van der Waals surface area contributed by atoms with Crippen molar-refractivity contribution in [3.63, 3.8) is 0 Å². The fraction of sp³-hybridized carbons (Fsp3) is 0.700. The number of aliphatic hydroxyl groups excluding tert-OH is 1. The van der Waals surface area contributed by atoms with Crippen molar-refractivity contribution in [2.24, 2.45) is 22.7 Å². The van der Waals surface area contributed by atoms with Crippen LogP contribution in [0, 0.1) is 22.7 Å². The number of furan rings is 1. The number of carbonyl (C=O) groups is 2. The van der Waals surface area contributed by atoms with Gasteiger partial charge in [0.2, 0.25) is 0 Å². The van der Waals surface area contributed by atoms with E-state index in [0.717, 1.165) is 5.56 Å². The normalized spacial score (nSPS) is 40.8.